The van der Waals surface area contributed by atoms with Gasteiger partial charge in [-0.25, -0.2) is 4.79 Å². The maximum Gasteiger partial charge on any atom is 0.319 e. The average molecular weight is 351 g/mol. The summed E-state index contributed by atoms with van der Waals surface area (Å²) in [5.41, 5.74) is 6.80. The van der Waals surface area contributed by atoms with E-state index in [9.17, 15) is 9.59 Å². The molecule has 1 aliphatic heterocycles. The van der Waals surface area contributed by atoms with Gasteiger partial charge in [0.1, 0.15) is 5.00 Å². The van der Waals surface area contributed by atoms with Gasteiger partial charge in [0.25, 0.3) is 5.91 Å². The van der Waals surface area contributed by atoms with E-state index in [1.165, 1.54) is 16.2 Å². The number of hydrogen-bond donors (Lipinski definition) is 3. The summed E-state index contributed by atoms with van der Waals surface area (Å²) in [6, 6.07) is 3.68. The first kappa shape index (κ1) is 16.0. The summed E-state index contributed by atoms with van der Waals surface area (Å²) in [7, 11) is 0. The van der Waals surface area contributed by atoms with Crippen LogP contribution in [0.2, 0.25) is 0 Å². The van der Waals surface area contributed by atoms with E-state index in [1.54, 1.807) is 11.3 Å². The highest BCUT2D eigenvalue weighted by Crippen LogP contribution is 2.36. The van der Waals surface area contributed by atoms with E-state index in [-0.39, 0.29) is 6.03 Å². The lowest BCUT2D eigenvalue weighted by Gasteiger charge is -2.12. The van der Waals surface area contributed by atoms with Crippen LogP contribution in [-0.4, -0.2) is 25.1 Å². The van der Waals surface area contributed by atoms with Crippen molar-refractivity contribution >= 4 is 39.6 Å². The predicted molar refractivity (Wildman–Crippen MR) is 91.2 cm³/mol. The second kappa shape index (κ2) is 7.12. The molecule has 2 aromatic heterocycles. The molecule has 0 radical (unpaired) electrons. The Hall–Kier alpha value is -1.90. The largest absolute Gasteiger partial charge is 0.376 e. The van der Waals surface area contributed by atoms with Crippen LogP contribution in [0.5, 0.6) is 0 Å². The maximum absolute atomic E-state index is 12.0. The van der Waals surface area contributed by atoms with Crippen molar-refractivity contribution in [2.24, 2.45) is 5.73 Å². The molecule has 0 atom stereocenters. The van der Waals surface area contributed by atoms with Crippen LogP contribution in [0.4, 0.5) is 9.80 Å². The van der Waals surface area contributed by atoms with E-state index in [2.05, 4.69) is 10.6 Å². The molecular formula is C15H17N3O3S2. The van der Waals surface area contributed by atoms with E-state index in [0.717, 1.165) is 16.9 Å². The summed E-state index contributed by atoms with van der Waals surface area (Å²) in [6.45, 7) is 1.56. The first-order chi connectivity index (χ1) is 11.1. The smallest absolute Gasteiger partial charge is 0.319 e. The van der Waals surface area contributed by atoms with Gasteiger partial charge in [-0.05, 0) is 29.9 Å². The molecule has 0 unspecified atom stereocenters. The van der Waals surface area contributed by atoms with E-state index < -0.39 is 5.91 Å². The molecule has 122 valence electrons. The third-order valence-corrected chi connectivity index (χ3v) is 5.59. The van der Waals surface area contributed by atoms with Crippen LogP contribution in [0, 0.1) is 0 Å². The van der Waals surface area contributed by atoms with Crippen LogP contribution in [0.1, 0.15) is 25.7 Å². The molecule has 0 fully saturated rings. The van der Waals surface area contributed by atoms with Gasteiger partial charge in [0.2, 0.25) is 0 Å². The Kier molecular flexibility index (Phi) is 4.94. The Balaban J connectivity index is 1.63. The molecule has 3 rings (SSSR count). The standard InChI is InChI=1S/C15H17N3O3S2/c16-13(19)12-10-4-6-21-8-11(10)23-14(12)18-15(20)17-5-3-9-2-1-7-22-9/h1-2,7H,3-6,8H2,(H2,16,19)(H2,17,18,20). The zero-order valence-corrected chi connectivity index (χ0v) is 14.0. The number of anilines is 1. The number of fused-ring (bicyclic) bond motifs is 1. The number of amides is 3. The van der Waals surface area contributed by atoms with E-state index >= 15 is 0 Å². The van der Waals surface area contributed by atoms with Gasteiger partial charge >= 0.3 is 6.03 Å². The third-order valence-electron chi connectivity index (χ3n) is 3.53. The van der Waals surface area contributed by atoms with Crippen LogP contribution in [0.25, 0.3) is 0 Å². The lowest BCUT2D eigenvalue weighted by Crippen LogP contribution is -2.31. The maximum atomic E-state index is 12.0. The van der Waals surface area contributed by atoms with Gasteiger partial charge in [-0.2, -0.15) is 0 Å². The summed E-state index contributed by atoms with van der Waals surface area (Å²) in [6.07, 6.45) is 1.42. The van der Waals surface area contributed by atoms with Crippen LogP contribution in [0.15, 0.2) is 17.5 Å². The molecule has 8 heteroatoms. The summed E-state index contributed by atoms with van der Waals surface area (Å²) in [5, 5.41) is 8.05. The highest BCUT2D eigenvalue weighted by molar-refractivity contribution is 7.17. The Labute approximate surface area is 141 Å². The molecule has 2 aromatic rings. The number of urea groups is 1. The van der Waals surface area contributed by atoms with Gasteiger partial charge in [-0.3, -0.25) is 10.1 Å². The van der Waals surface area contributed by atoms with Crippen molar-refractivity contribution in [3.8, 4) is 0 Å². The number of thiophene rings is 2. The van der Waals surface area contributed by atoms with Gasteiger partial charge in [0, 0.05) is 16.3 Å². The molecule has 4 N–H and O–H groups in total. The molecule has 0 aliphatic carbocycles. The monoisotopic (exact) mass is 351 g/mol. The van der Waals surface area contributed by atoms with Crippen molar-refractivity contribution in [1.29, 1.82) is 0 Å². The fourth-order valence-electron chi connectivity index (χ4n) is 2.48. The molecule has 6 nitrogen and oxygen atoms in total. The first-order valence-electron chi connectivity index (χ1n) is 7.24. The quantitative estimate of drug-likeness (QED) is 0.772. The molecule has 0 bridgehead atoms. The Morgan fingerprint density at radius 1 is 1.39 bits per heavy atom. The number of ether oxygens (including phenoxy) is 1. The van der Waals surface area contributed by atoms with Crippen LogP contribution in [-0.2, 0) is 24.2 Å². The summed E-state index contributed by atoms with van der Waals surface area (Å²) in [5.74, 6) is -0.515. The average Bonchev–Trinajstić information content (AvgIpc) is 3.13. The van der Waals surface area contributed by atoms with Crippen molar-refractivity contribution in [3.05, 3.63) is 38.4 Å². The molecule has 3 heterocycles. The van der Waals surface area contributed by atoms with Crippen molar-refractivity contribution in [3.63, 3.8) is 0 Å². The normalized spacial score (nSPS) is 13.4. The summed E-state index contributed by atoms with van der Waals surface area (Å²) < 4.78 is 5.39. The van der Waals surface area contributed by atoms with Gasteiger partial charge in [-0.15, -0.1) is 22.7 Å². The number of nitrogens with one attached hydrogen (secondary N) is 2. The second-order valence-corrected chi connectivity index (χ2v) is 7.22. The van der Waals surface area contributed by atoms with Crippen molar-refractivity contribution in [2.45, 2.75) is 19.4 Å². The predicted octanol–water partition coefficient (Wildman–Crippen LogP) is 2.35. The van der Waals surface area contributed by atoms with Gasteiger partial charge in [-0.1, -0.05) is 6.07 Å². The molecule has 0 saturated heterocycles. The van der Waals surface area contributed by atoms with E-state index in [0.29, 0.717) is 36.7 Å². The third kappa shape index (κ3) is 3.72. The van der Waals surface area contributed by atoms with Crippen LogP contribution >= 0.6 is 22.7 Å². The lowest BCUT2D eigenvalue weighted by molar-refractivity contribution is 0.0991. The fraction of sp³-hybridized carbons (Fsp3) is 0.333. The van der Waals surface area contributed by atoms with Crippen LogP contribution < -0.4 is 16.4 Å². The number of nitrogens with two attached hydrogens (primary N) is 1. The number of carbonyl (C=O) groups is 2. The highest BCUT2D eigenvalue weighted by Gasteiger charge is 2.25. The lowest BCUT2D eigenvalue weighted by atomic mass is 10.1. The second-order valence-electron chi connectivity index (χ2n) is 5.09. The molecule has 0 aromatic carbocycles. The number of primary amides is 1. The fourth-order valence-corrected chi connectivity index (χ4v) is 4.38. The van der Waals surface area contributed by atoms with E-state index in [1.807, 2.05) is 17.5 Å². The summed E-state index contributed by atoms with van der Waals surface area (Å²) >= 11 is 3.01. The Morgan fingerprint density at radius 2 is 2.26 bits per heavy atom. The number of rotatable bonds is 5. The Bertz CT molecular complexity index is 710. The van der Waals surface area contributed by atoms with Gasteiger partial charge in [0.05, 0.1) is 18.8 Å². The zero-order valence-electron chi connectivity index (χ0n) is 12.4. The molecule has 23 heavy (non-hydrogen) atoms. The number of carbonyl (C=O) groups excluding carboxylic acids is 2. The van der Waals surface area contributed by atoms with E-state index in [4.69, 9.17) is 10.5 Å². The molecular weight excluding hydrogens is 334 g/mol. The topological polar surface area (TPSA) is 93.5 Å². The minimum Gasteiger partial charge on any atom is -0.376 e. The van der Waals surface area contributed by atoms with Gasteiger partial charge in [0.15, 0.2) is 0 Å². The zero-order chi connectivity index (χ0) is 16.2. The van der Waals surface area contributed by atoms with Crippen molar-refractivity contribution < 1.29 is 14.3 Å². The molecule has 1 aliphatic rings. The minimum absolute atomic E-state index is 0.330. The van der Waals surface area contributed by atoms with Crippen molar-refractivity contribution in [1.82, 2.24) is 5.32 Å². The Morgan fingerprint density at radius 3 is 3.00 bits per heavy atom. The first-order valence-corrected chi connectivity index (χ1v) is 8.94. The SMILES string of the molecule is NC(=O)c1c(NC(=O)NCCc2cccs2)sc2c1CCOC2. The van der Waals surface area contributed by atoms with Crippen LogP contribution in [0.3, 0.4) is 0 Å². The minimum atomic E-state index is -0.515. The summed E-state index contributed by atoms with van der Waals surface area (Å²) in [4.78, 5) is 25.9. The highest BCUT2D eigenvalue weighted by atomic mass is 32.1. The van der Waals surface area contributed by atoms with Crippen molar-refractivity contribution in [2.75, 3.05) is 18.5 Å². The number of hydrogen-bond acceptors (Lipinski definition) is 5. The molecule has 0 spiro atoms. The molecule has 3 amide bonds. The molecule has 0 saturated carbocycles. The van der Waals surface area contributed by atoms with Gasteiger partial charge < -0.3 is 15.8 Å².